The van der Waals surface area contributed by atoms with Crippen LogP contribution < -0.4 is 10.1 Å². The second-order valence-electron chi connectivity index (χ2n) is 5.74. The Kier molecular flexibility index (Phi) is 7.05. The molecule has 1 aliphatic heterocycles. The fraction of sp³-hybridized carbons (Fsp3) is 0.150. The van der Waals surface area contributed by atoms with E-state index in [0.29, 0.717) is 32.6 Å². The molecule has 1 fully saturated rings. The summed E-state index contributed by atoms with van der Waals surface area (Å²) in [6.45, 7) is 1.83. The van der Waals surface area contributed by atoms with Crippen LogP contribution in [0.3, 0.4) is 0 Å². The Labute approximate surface area is 179 Å². The first-order chi connectivity index (χ1) is 13.9. The van der Waals surface area contributed by atoms with Gasteiger partial charge in [-0.25, -0.2) is 14.2 Å². The maximum Gasteiger partial charge on any atom is 0.344 e. The molecule has 150 valence electrons. The highest BCUT2D eigenvalue weighted by Gasteiger charge is 2.24. The van der Waals surface area contributed by atoms with Crippen molar-refractivity contribution in [2.45, 2.75) is 6.92 Å². The highest BCUT2D eigenvalue weighted by Crippen LogP contribution is 2.31. The lowest BCUT2D eigenvalue weighted by Gasteiger charge is -2.08. The second kappa shape index (κ2) is 9.71. The molecule has 1 saturated heterocycles. The summed E-state index contributed by atoms with van der Waals surface area (Å²) in [5.74, 6) is -0.576. The van der Waals surface area contributed by atoms with E-state index in [1.807, 2.05) is 0 Å². The average Bonchev–Trinajstić information content (AvgIpc) is 3.02. The summed E-state index contributed by atoms with van der Waals surface area (Å²) in [7, 11) is 0. The highest BCUT2D eigenvalue weighted by atomic mass is 79.9. The second-order valence-corrected chi connectivity index (χ2v) is 7.63. The molecule has 2 aromatic rings. The number of thioether (sulfide) groups is 1. The summed E-state index contributed by atoms with van der Waals surface area (Å²) < 4.78 is 23.9. The number of carbonyl (C=O) groups is 2. The molecule has 2 aromatic carbocycles. The van der Waals surface area contributed by atoms with Gasteiger partial charge >= 0.3 is 5.97 Å². The normalized spacial score (nSPS) is 16.2. The number of nitrogens with one attached hydrogen (secondary N) is 1. The number of ether oxygens (including phenoxy) is 2. The van der Waals surface area contributed by atoms with E-state index in [4.69, 9.17) is 9.47 Å². The quantitative estimate of drug-likeness (QED) is 0.491. The van der Waals surface area contributed by atoms with Crippen LogP contribution in [-0.2, 0) is 14.3 Å². The van der Waals surface area contributed by atoms with Gasteiger partial charge in [0.2, 0.25) is 0 Å². The van der Waals surface area contributed by atoms with Crippen molar-refractivity contribution in [3.8, 4) is 5.75 Å². The third kappa shape index (κ3) is 5.91. The number of aliphatic imine (C=N–C) groups is 1. The lowest BCUT2D eigenvalue weighted by Crippen LogP contribution is -2.19. The van der Waals surface area contributed by atoms with E-state index in [2.05, 4.69) is 26.2 Å². The van der Waals surface area contributed by atoms with Crippen molar-refractivity contribution in [3.63, 3.8) is 0 Å². The van der Waals surface area contributed by atoms with Gasteiger partial charge in [0.1, 0.15) is 11.6 Å². The van der Waals surface area contributed by atoms with Crippen LogP contribution in [0.1, 0.15) is 12.5 Å². The number of esters is 1. The van der Waals surface area contributed by atoms with Crippen LogP contribution in [-0.4, -0.2) is 30.3 Å². The van der Waals surface area contributed by atoms with E-state index in [-0.39, 0.29) is 18.3 Å². The summed E-state index contributed by atoms with van der Waals surface area (Å²) >= 11 is 4.59. The van der Waals surface area contributed by atoms with Crippen LogP contribution in [0.15, 0.2) is 56.8 Å². The summed E-state index contributed by atoms with van der Waals surface area (Å²) in [6.07, 6.45) is 1.72. The zero-order chi connectivity index (χ0) is 20.8. The molecular weight excluding hydrogens is 463 g/mol. The number of hydrogen-bond donors (Lipinski definition) is 1. The van der Waals surface area contributed by atoms with Gasteiger partial charge in [-0.3, -0.25) is 4.79 Å². The molecule has 0 aliphatic carbocycles. The van der Waals surface area contributed by atoms with E-state index in [9.17, 15) is 14.0 Å². The van der Waals surface area contributed by atoms with Crippen molar-refractivity contribution in [1.82, 2.24) is 5.32 Å². The van der Waals surface area contributed by atoms with E-state index < -0.39 is 5.97 Å². The van der Waals surface area contributed by atoms with Crippen molar-refractivity contribution >= 4 is 56.5 Å². The van der Waals surface area contributed by atoms with Crippen LogP contribution in [0, 0.1) is 5.82 Å². The Morgan fingerprint density at radius 3 is 2.72 bits per heavy atom. The van der Waals surface area contributed by atoms with Gasteiger partial charge in [-0.1, -0.05) is 6.07 Å². The lowest BCUT2D eigenvalue weighted by atomic mass is 10.2. The molecule has 29 heavy (non-hydrogen) atoms. The molecule has 1 heterocycles. The predicted molar refractivity (Wildman–Crippen MR) is 113 cm³/mol. The number of benzene rings is 2. The third-order valence-corrected chi connectivity index (χ3v) is 5.14. The molecule has 3 rings (SSSR count). The number of carbonyl (C=O) groups excluding carboxylic acids is 2. The first-order valence-corrected chi connectivity index (χ1v) is 10.2. The zero-order valence-corrected chi connectivity index (χ0v) is 17.7. The van der Waals surface area contributed by atoms with E-state index >= 15 is 0 Å². The maximum atomic E-state index is 13.0. The van der Waals surface area contributed by atoms with Crippen molar-refractivity contribution < 1.29 is 23.5 Å². The minimum Gasteiger partial charge on any atom is -0.481 e. The first-order valence-electron chi connectivity index (χ1n) is 8.57. The minimum absolute atomic E-state index is 0.186. The monoisotopic (exact) mass is 478 g/mol. The Hall–Kier alpha value is -2.65. The SMILES string of the molecule is CCOC(=O)COc1ccc(C=C2SC(=Nc3ccc(F)cc3)NC2=O)cc1Br. The Morgan fingerprint density at radius 1 is 1.28 bits per heavy atom. The van der Waals surface area contributed by atoms with Crippen molar-refractivity contribution in [2.75, 3.05) is 13.2 Å². The van der Waals surface area contributed by atoms with Crippen LogP contribution >= 0.6 is 27.7 Å². The molecule has 1 amide bonds. The highest BCUT2D eigenvalue weighted by molar-refractivity contribution is 9.10. The predicted octanol–water partition coefficient (Wildman–Crippen LogP) is 4.42. The number of nitrogens with zero attached hydrogens (tertiary/aromatic N) is 1. The smallest absolute Gasteiger partial charge is 0.344 e. The number of rotatable bonds is 6. The molecule has 0 unspecified atom stereocenters. The average molecular weight is 479 g/mol. The maximum absolute atomic E-state index is 13.0. The largest absolute Gasteiger partial charge is 0.481 e. The molecule has 0 radical (unpaired) electrons. The van der Waals surface area contributed by atoms with Gasteiger partial charge in [-0.2, -0.15) is 0 Å². The minimum atomic E-state index is -0.447. The van der Waals surface area contributed by atoms with Gasteiger partial charge in [-0.05, 0) is 82.7 Å². The van der Waals surface area contributed by atoms with Gasteiger partial charge in [-0.15, -0.1) is 0 Å². The number of amidine groups is 1. The summed E-state index contributed by atoms with van der Waals surface area (Å²) in [4.78, 5) is 28.4. The Bertz CT molecular complexity index is 992. The molecule has 0 bridgehead atoms. The van der Waals surface area contributed by atoms with Crippen LogP contribution in [0.5, 0.6) is 5.75 Å². The zero-order valence-electron chi connectivity index (χ0n) is 15.3. The fourth-order valence-electron chi connectivity index (χ4n) is 2.33. The number of amides is 1. The van der Waals surface area contributed by atoms with Crippen molar-refractivity contribution in [3.05, 3.63) is 63.2 Å². The molecule has 0 spiro atoms. The van der Waals surface area contributed by atoms with E-state index in [0.717, 1.165) is 5.56 Å². The van der Waals surface area contributed by atoms with Crippen LogP contribution in [0.4, 0.5) is 10.1 Å². The molecule has 9 heteroatoms. The van der Waals surface area contributed by atoms with E-state index in [1.165, 1.54) is 36.0 Å². The van der Waals surface area contributed by atoms with Crippen molar-refractivity contribution in [1.29, 1.82) is 0 Å². The van der Waals surface area contributed by atoms with Crippen molar-refractivity contribution in [2.24, 2.45) is 4.99 Å². The lowest BCUT2D eigenvalue weighted by molar-refractivity contribution is -0.145. The van der Waals surface area contributed by atoms with Crippen LogP contribution in [0.25, 0.3) is 6.08 Å². The van der Waals surface area contributed by atoms with E-state index in [1.54, 1.807) is 31.2 Å². The first kappa shape index (κ1) is 21.1. The topological polar surface area (TPSA) is 77.0 Å². The molecule has 1 aliphatic rings. The Balaban J connectivity index is 1.69. The molecular formula is C20H16BrFN2O4S. The summed E-state index contributed by atoms with van der Waals surface area (Å²) in [5.41, 5.74) is 1.31. The summed E-state index contributed by atoms with van der Waals surface area (Å²) in [6, 6.07) is 10.9. The molecule has 0 saturated carbocycles. The van der Waals surface area contributed by atoms with Gasteiger partial charge < -0.3 is 14.8 Å². The number of halogens is 2. The van der Waals surface area contributed by atoms with Gasteiger partial charge in [0, 0.05) is 0 Å². The Morgan fingerprint density at radius 2 is 2.03 bits per heavy atom. The van der Waals surface area contributed by atoms with Gasteiger partial charge in [0.15, 0.2) is 11.8 Å². The van der Waals surface area contributed by atoms with Crippen LogP contribution in [0.2, 0.25) is 0 Å². The third-order valence-electron chi connectivity index (χ3n) is 3.61. The molecule has 6 nitrogen and oxygen atoms in total. The molecule has 0 aromatic heterocycles. The van der Waals surface area contributed by atoms with Gasteiger partial charge in [0.25, 0.3) is 5.91 Å². The van der Waals surface area contributed by atoms with Gasteiger partial charge in [0.05, 0.1) is 21.7 Å². The molecule has 0 atom stereocenters. The standard InChI is InChI=1S/C20H16BrFN2O4S/c1-2-27-18(25)11-28-16-8-3-12(9-15(16)21)10-17-19(26)24-20(29-17)23-14-6-4-13(22)5-7-14/h3-10H,2,11H2,1H3,(H,23,24,26). The fourth-order valence-corrected chi connectivity index (χ4v) is 3.68. The summed E-state index contributed by atoms with van der Waals surface area (Å²) in [5, 5.41) is 3.10. The molecule has 1 N–H and O–H groups in total. The number of hydrogen-bond acceptors (Lipinski definition) is 6.